The van der Waals surface area contributed by atoms with Crippen LogP contribution in [0.1, 0.15) is 12.0 Å². The fourth-order valence-corrected chi connectivity index (χ4v) is 2.92. The normalized spacial score (nSPS) is 20.1. The SMILES string of the molecule is N#CCN1C(=O)C2(OCCCO2)c2ccc(Cl)c(Cl)c21. The number of nitriles is 1. The number of amides is 1. The summed E-state index contributed by atoms with van der Waals surface area (Å²) in [6.07, 6.45) is 0.712. The summed E-state index contributed by atoms with van der Waals surface area (Å²) in [6, 6.07) is 5.19. The van der Waals surface area contributed by atoms with Gasteiger partial charge in [0, 0.05) is 5.56 Å². The maximum Gasteiger partial charge on any atom is 0.293 e. The second kappa shape index (κ2) is 4.90. The Morgan fingerprint density at radius 1 is 1.35 bits per heavy atom. The molecule has 1 aromatic rings. The number of fused-ring (bicyclic) bond motifs is 2. The van der Waals surface area contributed by atoms with Gasteiger partial charge in [0.2, 0.25) is 0 Å². The minimum atomic E-state index is -1.49. The van der Waals surface area contributed by atoms with Gasteiger partial charge in [0.25, 0.3) is 11.7 Å². The first kappa shape index (κ1) is 13.7. The van der Waals surface area contributed by atoms with Crippen LogP contribution in [0.15, 0.2) is 12.1 Å². The van der Waals surface area contributed by atoms with Crippen LogP contribution in [0.3, 0.4) is 0 Å². The molecule has 1 amide bonds. The van der Waals surface area contributed by atoms with Crippen molar-refractivity contribution < 1.29 is 14.3 Å². The van der Waals surface area contributed by atoms with Crippen molar-refractivity contribution in [2.24, 2.45) is 0 Å². The number of hydrogen-bond acceptors (Lipinski definition) is 4. The van der Waals surface area contributed by atoms with Crippen molar-refractivity contribution in [3.8, 4) is 6.07 Å². The van der Waals surface area contributed by atoms with Crippen molar-refractivity contribution in [3.05, 3.63) is 27.7 Å². The molecule has 7 heteroatoms. The highest BCUT2D eigenvalue weighted by molar-refractivity contribution is 6.44. The van der Waals surface area contributed by atoms with Crippen LogP contribution in [-0.4, -0.2) is 25.7 Å². The van der Waals surface area contributed by atoms with Gasteiger partial charge in [0.1, 0.15) is 6.54 Å². The third-order valence-electron chi connectivity index (χ3n) is 3.35. The highest BCUT2D eigenvalue weighted by Gasteiger charge is 2.55. The number of carbonyl (C=O) groups excluding carboxylic acids is 1. The number of anilines is 1. The fourth-order valence-electron chi connectivity index (χ4n) is 2.50. The molecule has 1 spiro atoms. The van der Waals surface area contributed by atoms with Gasteiger partial charge in [0.05, 0.1) is 35.0 Å². The van der Waals surface area contributed by atoms with E-state index >= 15 is 0 Å². The Kier molecular flexibility index (Phi) is 3.35. The lowest BCUT2D eigenvalue weighted by Crippen LogP contribution is -2.47. The van der Waals surface area contributed by atoms with Crippen molar-refractivity contribution in [1.29, 1.82) is 5.26 Å². The number of ether oxygens (including phenoxy) is 2. The van der Waals surface area contributed by atoms with E-state index in [0.29, 0.717) is 35.9 Å². The number of halogens is 2. The van der Waals surface area contributed by atoms with E-state index in [1.807, 2.05) is 6.07 Å². The molecule has 0 aliphatic carbocycles. The van der Waals surface area contributed by atoms with E-state index in [4.69, 9.17) is 37.9 Å². The molecule has 0 aromatic heterocycles. The Morgan fingerprint density at radius 2 is 2.05 bits per heavy atom. The molecule has 5 nitrogen and oxygen atoms in total. The summed E-state index contributed by atoms with van der Waals surface area (Å²) in [7, 11) is 0. The van der Waals surface area contributed by atoms with Gasteiger partial charge >= 0.3 is 0 Å². The van der Waals surface area contributed by atoms with Gasteiger partial charge in [-0.1, -0.05) is 23.2 Å². The zero-order valence-corrected chi connectivity index (χ0v) is 11.9. The van der Waals surface area contributed by atoms with Crippen molar-refractivity contribution in [3.63, 3.8) is 0 Å². The number of nitrogens with zero attached hydrogens (tertiary/aromatic N) is 2. The van der Waals surface area contributed by atoms with Crippen molar-refractivity contribution in [2.45, 2.75) is 12.2 Å². The maximum absolute atomic E-state index is 12.6. The molecule has 2 heterocycles. The molecule has 0 atom stereocenters. The highest BCUT2D eigenvalue weighted by atomic mass is 35.5. The first-order chi connectivity index (χ1) is 9.62. The minimum Gasteiger partial charge on any atom is -0.338 e. The number of hydrogen-bond donors (Lipinski definition) is 0. The predicted molar refractivity (Wildman–Crippen MR) is 72.6 cm³/mol. The Balaban J connectivity index is 2.21. The lowest BCUT2D eigenvalue weighted by molar-refractivity contribution is -0.256. The lowest BCUT2D eigenvalue weighted by Gasteiger charge is -2.32. The zero-order chi connectivity index (χ0) is 14.3. The zero-order valence-electron chi connectivity index (χ0n) is 10.4. The van der Waals surface area contributed by atoms with Crippen LogP contribution >= 0.6 is 23.2 Å². The number of carbonyl (C=O) groups is 1. The van der Waals surface area contributed by atoms with Gasteiger partial charge in [-0.2, -0.15) is 5.26 Å². The number of benzene rings is 1. The maximum atomic E-state index is 12.6. The first-order valence-corrected chi connectivity index (χ1v) is 6.82. The van der Waals surface area contributed by atoms with Gasteiger partial charge in [-0.25, -0.2) is 0 Å². The van der Waals surface area contributed by atoms with Crippen LogP contribution < -0.4 is 4.90 Å². The largest absolute Gasteiger partial charge is 0.338 e. The van der Waals surface area contributed by atoms with Crippen molar-refractivity contribution in [2.75, 3.05) is 24.7 Å². The summed E-state index contributed by atoms with van der Waals surface area (Å²) in [5.74, 6) is -1.92. The molecule has 20 heavy (non-hydrogen) atoms. The van der Waals surface area contributed by atoms with Gasteiger partial charge in [0.15, 0.2) is 0 Å². The Labute approximate surface area is 125 Å². The van der Waals surface area contributed by atoms with Gasteiger partial charge in [-0.3, -0.25) is 9.69 Å². The molecule has 104 valence electrons. The van der Waals surface area contributed by atoms with E-state index in [1.54, 1.807) is 12.1 Å². The molecule has 0 unspecified atom stereocenters. The van der Waals surface area contributed by atoms with Gasteiger partial charge in [-0.05, 0) is 18.6 Å². The predicted octanol–water partition coefficient (Wildman–Crippen LogP) is 2.45. The molecule has 1 fully saturated rings. The van der Waals surface area contributed by atoms with Crippen LogP contribution in [-0.2, 0) is 20.1 Å². The average Bonchev–Trinajstić information content (AvgIpc) is 2.68. The van der Waals surface area contributed by atoms with E-state index in [2.05, 4.69) is 0 Å². The molecule has 0 bridgehead atoms. The molecular formula is C13H10Cl2N2O3. The summed E-state index contributed by atoms with van der Waals surface area (Å²) in [5, 5.41) is 9.45. The van der Waals surface area contributed by atoms with Gasteiger partial charge in [-0.15, -0.1) is 0 Å². The summed E-state index contributed by atoms with van der Waals surface area (Å²) >= 11 is 12.2. The second-order valence-electron chi connectivity index (χ2n) is 4.47. The molecule has 2 aliphatic heterocycles. The topological polar surface area (TPSA) is 62.6 Å². The molecule has 0 N–H and O–H groups in total. The summed E-state index contributed by atoms with van der Waals surface area (Å²) in [4.78, 5) is 13.9. The van der Waals surface area contributed by atoms with E-state index in [0.717, 1.165) is 0 Å². The van der Waals surface area contributed by atoms with E-state index in [-0.39, 0.29) is 11.6 Å². The molecule has 3 rings (SSSR count). The highest BCUT2D eigenvalue weighted by Crippen LogP contribution is 2.49. The van der Waals surface area contributed by atoms with Crippen LogP contribution in [0.2, 0.25) is 10.0 Å². The molecule has 0 radical (unpaired) electrons. The third-order valence-corrected chi connectivity index (χ3v) is 4.14. The molecule has 1 saturated heterocycles. The van der Waals surface area contributed by atoms with Crippen LogP contribution in [0.25, 0.3) is 0 Å². The summed E-state index contributed by atoms with van der Waals surface area (Å²) < 4.78 is 11.2. The minimum absolute atomic E-state index is 0.139. The Bertz CT molecular complexity index is 621. The van der Waals surface area contributed by atoms with Crippen molar-refractivity contribution in [1.82, 2.24) is 0 Å². The van der Waals surface area contributed by atoms with Gasteiger partial charge < -0.3 is 9.47 Å². The van der Waals surface area contributed by atoms with Crippen molar-refractivity contribution >= 4 is 34.8 Å². The van der Waals surface area contributed by atoms with Crippen LogP contribution in [0.5, 0.6) is 0 Å². The summed E-state index contributed by atoms with van der Waals surface area (Å²) in [5.41, 5.74) is 0.902. The van der Waals surface area contributed by atoms with E-state index in [9.17, 15) is 4.79 Å². The molecule has 1 aromatic carbocycles. The number of rotatable bonds is 1. The summed E-state index contributed by atoms with van der Waals surface area (Å²) in [6.45, 7) is 0.679. The smallest absolute Gasteiger partial charge is 0.293 e. The first-order valence-electron chi connectivity index (χ1n) is 6.07. The second-order valence-corrected chi connectivity index (χ2v) is 5.26. The standard InChI is InChI=1S/C13H10Cl2N2O3/c14-9-3-2-8-11(10(9)15)17(5-4-16)12(18)13(8)19-6-1-7-20-13/h2-3H,1,5-7H2. The third kappa shape index (κ3) is 1.73. The molecule has 2 aliphatic rings. The Morgan fingerprint density at radius 3 is 2.70 bits per heavy atom. The lowest BCUT2D eigenvalue weighted by atomic mass is 10.1. The van der Waals surface area contributed by atoms with E-state index in [1.165, 1.54) is 4.90 Å². The molecular weight excluding hydrogens is 303 g/mol. The van der Waals surface area contributed by atoms with E-state index < -0.39 is 11.7 Å². The fraction of sp³-hybridized carbons (Fsp3) is 0.385. The average molecular weight is 313 g/mol. The van der Waals surface area contributed by atoms with Crippen LogP contribution in [0.4, 0.5) is 5.69 Å². The molecule has 0 saturated carbocycles. The van der Waals surface area contributed by atoms with Crippen LogP contribution in [0, 0.1) is 11.3 Å². The Hall–Kier alpha value is -1.32. The quantitative estimate of drug-likeness (QED) is 0.747. The monoisotopic (exact) mass is 312 g/mol.